The lowest BCUT2D eigenvalue weighted by atomic mass is 9.98. The molecule has 128 valence electrons. The van der Waals surface area contributed by atoms with E-state index in [0.29, 0.717) is 25.9 Å². The normalized spacial score (nSPS) is 19.0. The molecule has 0 atom stereocenters. The first kappa shape index (κ1) is 16.5. The molecule has 6 nitrogen and oxygen atoms in total. The van der Waals surface area contributed by atoms with Gasteiger partial charge in [0.15, 0.2) is 0 Å². The lowest BCUT2D eigenvalue weighted by Crippen LogP contribution is -2.46. The molecule has 6 heteroatoms. The van der Waals surface area contributed by atoms with Crippen molar-refractivity contribution in [3.63, 3.8) is 0 Å². The minimum absolute atomic E-state index is 0.187. The van der Waals surface area contributed by atoms with E-state index in [4.69, 9.17) is 0 Å². The predicted octanol–water partition coefficient (Wildman–Crippen LogP) is 1.90. The molecule has 1 saturated carbocycles. The number of benzene rings is 1. The summed E-state index contributed by atoms with van der Waals surface area (Å²) in [4.78, 5) is 40.1. The van der Waals surface area contributed by atoms with Crippen molar-refractivity contribution in [2.75, 3.05) is 13.1 Å². The fraction of sp³-hybridized carbons (Fsp3) is 0.500. The third-order valence-corrected chi connectivity index (χ3v) is 4.95. The SMILES string of the molecule is CCN(Cc1ccccc1)C(=O)CN1C(=O)NC2(CCCC2)C1=O. The van der Waals surface area contributed by atoms with Crippen LogP contribution in [-0.2, 0) is 16.1 Å². The van der Waals surface area contributed by atoms with Crippen LogP contribution in [0.2, 0.25) is 0 Å². The molecular formula is C18H23N3O3. The highest BCUT2D eigenvalue weighted by Gasteiger charge is 2.52. The number of nitrogens with one attached hydrogen (secondary N) is 1. The maximum Gasteiger partial charge on any atom is 0.325 e. The number of amides is 4. The smallest absolute Gasteiger partial charge is 0.325 e. The summed E-state index contributed by atoms with van der Waals surface area (Å²) >= 11 is 0. The lowest BCUT2D eigenvalue weighted by molar-refractivity contribution is -0.139. The fourth-order valence-corrected chi connectivity index (χ4v) is 3.55. The summed E-state index contributed by atoms with van der Waals surface area (Å²) in [7, 11) is 0. The number of hydrogen-bond donors (Lipinski definition) is 1. The van der Waals surface area contributed by atoms with E-state index in [1.54, 1.807) is 4.90 Å². The Morgan fingerprint density at radius 3 is 2.50 bits per heavy atom. The van der Waals surface area contributed by atoms with Crippen LogP contribution >= 0.6 is 0 Å². The van der Waals surface area contributed by atoms with Crippen LogP contribution in [0.15, 0.2) is 30.3 Å². The largest absolute Gasteiger partial charge is 0.337 e. The number of carbonyl (C=O) groups is 3. The molecule has 1 heterocycles. The highest BCUT2D eigenvalue weighted by molar-refractivity contribution is 6.09. The number of likely N-dealkylation sites (N-methyl/N-ethyl adjacent to an activating group) is 1. The number of hydrogen-bond acceptors (Lipinski definition) is 3. The zero-order valence-electron chi connectivity index (χ0n) is 14.0. The molecule has 0 bridgehead atoms. The third-order valence-electron chi connectivity index (χ3n) is 4.95. The van der Waals surface area contributed by atoms with Gasteiger partial charge >= 0.3 is 6.03 Å². The van der Waals surface area contributed by atoms with Gasteiger partial charge in [-0.1, -0.05) is 43.2 Å². The van der Waals surface area contributed by atoms with Crippen LogP contribution in [0.1, 0.15) is 38.2 Å². The van der Waals surface area contributed by atoms with E-state index in [0.717, 1.165) is 23.3 Å². The summed E-state index contributed by atoms with van der Waals surface area (Å²) in [5.74, 6) is -0.450. The van der Waals surface area contributed by atoms with Crippen molar-refractivity contribution in [1.82, 2.24) is 15.1 Å². The van der Waals surface area contributed by atoms with Gasteiger partial charge < -0.3 is 10.2 Å². The third kappa shape index (κ3) is 3.00. The molecule has 1 aliphatic heterocycles. The first-order valence-electron chi connectivity index (χ1n) is 8.51. The van der Waals surface area contributed by atoms with Gasteiger partial charge in [-0.05, 0) is 25.3 Å². The van der Waals surface area contributed by atoms with Gasteiger partial charge in [-0.3, -0.25) is 14.5 Å². The van der Waals surface area contributed by atoms with Gasteiger partial charge in [0.1, 0.15) is 12.1 Å². The average molecular weight is 329 g/mol. The Morgan fingerprint density at radius 1 is 1.21 bits per heavy atom. The predicted molar refractivity (Wildman–Crippen MR) is 89.0 cm³/mol. The first-order chi connectivity index (χ1) is 11.6. The standard InChI is InChI=1S/C18H23N3O3/c1-2-20(12-14-8-4-3-5-9-14)15(22)13-21-16(23)18(19-17(21)24)10-6-7-11-18/h3-5,8-9H,2,6-7,10-13H2,1H3,(H,19,24). The first-order valence-corrected chi connectivity index (χ1v) is 8.51. The average Bonchev–Trinajstić information content (AvgIpc) is 3.14. The van der Waals surface area contributed by atoms with Crippen LogP contribution in [-0.4, -0.2) is 46.3 Å². The van der Waals surface area contributed by atoms with Crippen LogP contribution < -0.4 is 5.32 Å². The minimum Gasteiger partial charge on any atom is -0.337 e. The summed E-state index contributed by atoms with van der Waals surface area (Å²) in [6.45, 7) is 2.71. The molecule has 24 heavy (non-hydrogen) atoms. The number of imide groups is 1. The number of rotatable bonds is 5. The second kappa shape index (κ2) is 6.63. The summed E-state index contributed by atoms with van der Waals surface area (Å²) < 4.78 is 0. The topological polar surface area (TPSA) is 69.7 Å². The van der Waals surface area contributed by atoms with Crippen LogP contribution in [0.3, 0.4) is 0 Å². The number of urea groups is 1. The molecule has 1 aromatic rings. The van der Waals surface area contributed by atoms with E-state index in [9.17, 15) is 14.4 Å². The molecule has 1 aliphatic carbocycles. The highest BCUT2D eigenvalue weighted by Crippen LogP contribution is 2.34. The van der Waals surface area contributed by atoms with Gasteiger partial charge in [0.25, 0.3) is 5.91 Å². The molecule has 1 aromatic carbocycles. The van der Waals surface area contributed by atoms with Crippen LogP contribution in [0.5, 0.6) is 0 Å². The summed E-state index contributed by atoms with van der Waals surface area (Å²) in [6, 6.07) is 9.25. The molecule has 0 unspecified atom stereocenters. The molecule has 0 radical (unpaired) electrons. The van der Waals surface area contributed by atoms with Gasteiger partial charge in [-0.15, -0.1) is 0 Å². The Bertz CT molecular complexity index is 638. The Balaban J connectivity index is 1.67. The molecule has 1 saturated heterocycles. The monoisotopic (exact) mass is 329 g/mol. The Kier molecular flexibility index (Phi) is 4.55. The van der Waals surface area contributed by atoms with Crippen LogP contribution in [0, 0.1) is 0 Å². The Hall–Kier alpha value is -2.37. The molecule has 0 aromatic heterocycles. The number of nitrogens with zero attached hydrogens (tertiary/aromatic N) is 2. The molecule has 2 aliphatic rings. The summed E-state index contributed by atoms with van der Waals surface area (Å²) in [6.07, 6.45) is 3.21. The van der Waals surface area contributed by atoms with Crippen molar-refractivity contribution < 1.29 is 14.4 Å². The maximum absolute atomic E-state index is 12.6. The molecule has 3 rings (SSSR count). The molecule has 4 amide bonds. The lowest BCUT2D eigenvalue weighted by Gasteiger charge is -2.24. The summed E-state index contributed by atoms with van der Waals surface area (Å²) in [5, 5.41) is 2.81. The molecular weight excluding hydrogens is 306 g/mol. The van der Waals surface area contributed by atoms with Crippen molar-refractivity contribution in [3.8, 4) is 0 Å². The molecule has 1 N–H and O–H groups in total. The van der Waals surface area contributed by atoms with Crippen LogP contribution in [0.25, 0.3) is 0 Å². The van der Waals surface area contributed by atoms with Gasteiger partial charge in [-0.25, -0.2) is 4.79 Å². The van der Waals surface area contributed by atoms with Gasteiger partial charge in [-0.2, -0.15) is 0 Å². The van der Waals surface area contributed by atoms with E-state index in [-0.39, 0.29) is 18.4 Å². The van der Waals surface area contributed by atoms with Crippen molar-refractivity contribution in [2.24, 2.45) is 0 Å². The molecule has 2 fully saturated rings. The van der Waals surface area contributed by atoms with Crippen molar-refractivity contribution in [3.05, 3.63) is 35.9 Å². The number of carbonyl (C=O) groups excluding carboxylic acids is 3. The second-order valence-electron chi connectivity index (χ2n) is 6.50. The van der Waals surface area contributed by atoms with E-state index >= 15 is 0 Å². The van der Waals surface area contributed by atoms with E-state index in [2.05, 4.69) is 5.32 Å². The quantitative estimate of drug-likeness (QED) is 0.839. The van der Waals surface area contributed by atoms with Crippen LogP contribution in [0.4, 0.5) is 4.79 Å². The highest BCUT2D eigenvalue weighted by atomic mass is 16.2. The fourth-order valence-electron chi connectivity index (χ4n) is 3.55. The Morgan fingerprint density at radius 2 is 1.88 bits per heavy atom. The maximum atomic E-state index is 12.6. The van der Waals surface area contributed by atoms with Crippen molar-refractivity contribution in [1.29, 1.82) is 0 Å². The summed E-state index contributed by atoms with van der Waals surface area (Å²) in [5.41, 5.74) is 0.269. The van der Waals surface area contributed by atoms with E-state index < -0.39 is 11.6 Å². The van der Waals surface area contributed by atoms with Gasteiger partial charge in [0, 0.05) is 13.1 Å². The Labute approximate surface area is 141 Å². The van der Waals surface area contributed by atoms with Gasteiger partial charge in [0.05, 0.1) is 0 Å². The minimum atomic E-state index is -0.756. The van der Waals surface area contributed by atoms with E-state index in [1.807, 2.05) is 37.3 Å². The van der Waals surface area contributed by atoms with Crippen molar-refractivity contribution >= 4 is 17.8 Å². The van der Waals surface area contributed by atoms with E-state index in [1.165, 1.54) is 0 Å². The van der Waals surface area contributed by atoms with Crippen molar-refractivity contribution in [2.45, 2.75) is 44.7 Å². The molecule has 1 spiro atoms. The zero-order valence-corrected chi connectivity index (χ0v) is 14.0. The van der Waals surface area contributed by atoms with Gasteiger partial charge in [0.2, 0.25) is 5.91 Å². The zero-order chi connectivity index (χ0) is 17.2. The second-order valence-corrected chi connectivity index (χ2v) is 6.50.